The van der Waals surface area contributed by atoms with E-state index in [-0.39, 0.29) is 6.10 Å². The van der Waals surface area contributed by atoms with Crippen molar-refractivity contribution in [3.8, 4) is 5.75 Å². The molecule has 0 aromatic heterocycles. The maximum Gasteiger partial charge on any atom is 0.118 e. The van der Waals surface area contributed by atoms with Crippen molar-refractivity contribution < 1.29 is 14.6 Å². The molecule has 1 fully saturated rings. The number of ether oxygens (including phenoxy) is 2. The third-order valence-corrected chi connectivity index (χ3v) is 5.65. The molecule has 2 aromatic rings. The van der Waals surface area contributed by atoms with Gasteiger partial charge < -0.3 is 19.5 Å². The smallest absolute Gasteiger partial charge is 0.118 e. The van der Waals surface area contributed by atoms with Crippen LogP contribution < -0.4 is 4.74 Å². The number of hydrogen-bond acceptors (Lipinski definition) is 5. The van der Waals surface area contributed by atoms with Crippen LogP contribution in [0.3, 0.4) is 0 Å². The van der Waals surface area contributed by atoms with Crippen LogP contribution in [0.4, 0.5) is 0 Å². The van der Waals surface area contributed by atoms with E-state index in [1.807, 2.05) is 30.3 Å². The molecule has 1 aliphatic rings. The first-order chi connectivity index (χ1) is 14.2. The van der Waals surface area contributed by atoms with E-state index in [9.17, 15) is 5.11 Å². The lowest BCUT2D eigenvalue weighted by molar-refractivity contribution is 0.0167. The molecule has 3 rings (SSSR count). The minimum atomic E-state index is -0.431. The van der Waals surface area contributed by atoms with Crippen LogP contribution in [0.25, 0.3) is 0 Å². The van der Waals surface area contributed by atoms with E-state index in [1.165, 1.54) is 5.56 Å². The second kappa shape index (κ2) is 11.3. The molecule has 1 saturated heterocycles. The Balaban J connectivity index is 1.42. The highest BCUT2D eigenvalue weighted by atomic mass is 16.5. The highest BCUT2D eigenvalue weighted by molar-refractivity contribution is 5.28. The van der Waals surface area contributed by atoms with Crippen LogP contribution in [0.5, 0.6) is 5.75 Å². The van der Waals surface area contributed by atoms with E-state index >= 15 is 0 Å². The normalized spacial score (nSPS) is 17.8. The molecule has 5 heteroatoms. The molecule has 158 valence electrons. The van der Waals surface area contributed by atoms with Crippen molar-refractivity contribution in [2.75, 3.05) is 53.0 Å². The van der Waals surface area contributed by atoms with E-state index in [4.69, 9.17) is 9.47 Å². The molecule has 0 saturated carbocycles. The van der Waals surface area contributed by atoms with Crippen LogP contribution in [0.15, 0.2) is 54.6 Å². The molecular weight excluding hydrogens is 364 g/mol. The van der Waals surface area contributed by atoms with Crippen molar-refractivity contribution in [1.82, 2.24) is 9.80 Å². The van der Waals surface area contributed by atoms with Gasteiger partial charge in [0.25, 0.3) is 0 Å². The fourth-order valence-electron chi connectivity index (χ4n) is 3.85. The van der Waals surface area contributed by atoms with Crippen molar-refractivity contribution in [2.45, 2.75) is 25.6 Å². The second-order valence-electron chi connectivity index (χ2n) is 7.57. The largest absolute Gasteiger partial charge is 0.497 e. The summed E-state index contributed by atoms with van der Waals surface area (Å²) in [5, 5.41) is 10.5. The van der Waals surface area contributed by atoms with Gasteiger partial charge in [0.2, 0.25) is 0 Å². The van der Waals surface area contributed by atoms with Crippen LogP contribution in [0.2, 0.25) is 0 Å². The predicted octanol–water partition coefficient (Wildman–Crippen LogP) is 3.51. The van der Waals surface area contributed by atoms with Gasteiger partial charge in [-0.3, -0.25) is 4.90 Å². The zero-order chi connectivity index (χ0) is 20.5. The molecule has 0 spiro atoms. The zero-order valence-corrected chi connectivity index (χ0v) is 17.7. The Morgan fingerprint density at radius 3 is 2.17 bits per heavy atom. The first-order valence-electron chi connectivity index (χ1n) is 10.6. The highest BCUT2D eigenvalue weighted by Gasteiger charge is 2.22. The summed E-state index contributed by atoms with van der Waals surface area (Å²) in [6.45, 7) is 8.76. The summed E-state index contributed by atoms with van der Waals surface area (Å²) < 4.78 is 11.2. The fourth-order valence-corrected chi connectivity index (χ4v) is 3.85. The van der Waals surface area contributed by atoms with Gasteiger partial charge in [-0.05, 0) is 36.6 Å². The zero-order valence-electron chi connectivity index (χ0n) is 17.7. The van der Waals surface area contributed by atoms with Crippen molar-refractivity contribution in [2.24, 2.45) is 0 Å². The van der Waals surface area contributed by atoms with Gasteiger partial charge in [0, 0.05) is 45.9 Å². The second-order valence-corrected chi connectivity index (χ2v) is 7.57. The molecule has 1 aliphatic heterocycles. The summed E-state index contributed by atoms with van der Waals surface area (Å²) in [6, 6.07) is 18.2. The summed E-state index contributed by atoms with van der Waals surface area (Å²) in [4.78, 5) is 4.94. The third-order valence-electron chi connectivity index (χ3n) is 5.65. The van der Waals surface area contributed by atoms with Gasteiger partial charge in [-0.1, -0.05) is 42.5 Å². The van der Waals surface area contributed by atoms with Gasteiger partial charge in [0.15, 0.2) is 0 Å². The maximum absolute atomic E-state index is 10.5. The molecule has 1 N–H and O–H groups in total. The van der Waals surface area contributed by atoms with Gasteiger partial charge in [0.05, 0.1) is 19.3 Å². The van der Waals surface area contributed by atoms with Crippen LogP contribution >= 0.6 is 0 Å². The number of hydrogen-bond donors (Lipinski definition) is 1. The lowest BCUT2D eigenvalue weighted by Gasteiger charge is -2.36. The summed E-state index contributed by atoms with van der Waals surface area (Å²) in [5.41, 5.74) is 2.20. The van der Waals surface area contributed by atoms with E-state index in [0.717, 1.165) is 63.6 Å². The molecular formula is C24H34N2O3. The average Bonchev–Trinajstić information content (AvgIpc) is 2.78. The van der Waals surface area contributed by atoms with E-state index in [0.29, 0.717) is 0 Å². The number of methoxy groups -OCH3 is 1. The number of aliphatic hydroxyl groups excluding tert-OH is 1. The Hall–Kier alpha value is -1.92. The lowest BCUT2D eigenvalue weighted by atomic mass is 10.1. The number of piperazine rings is 1. The summed E-state index contributed by atoms with van der Waals surface area (Å²) in [5.74, 6) is 0.818. The number of nitrogens with zero attached hydrogens (tertiary/aromatic N) is 2. The molecule has 0 bridgehead atoms. The van der Waals surface area contributed by atoms with Gasteiger partial charge in [0.1, 0.15) is 5.75 Å². The Morgan fingerprint density at radius 1 is 0.897 bits per heavy atom. The van der Waals surface area contributed by atoms with Gasteiger partial charge in [-0.15, -0.1) is 0 Å². The first-order valence-corrected chi connectivity index (χ1v) is 10.6. The molecule has 29 heavy (non-hydrogen) atoms. The quantitative estimate of drug-likeness (QED) is 0.664. The number of benzene rings is 2. The van der Waals surface area contributed by atoms with Crippen molar-refractivity contribution in [1.29, 1.82) is 0 Å². The average molecular weight is 399 g/mol. The SMILES string of the molecule is CCOC(CN1CCN(CCC(O)c2ccc(OC)cc2)CC1)c1ccccc1. The van der Waals surface area contributed by atoms with E-state index in [2.05, 4.69) is 41.0 Å². The molecule has 1 heterocycles. The molecule has 5 nitrogen and oxygen atoms in total. The fraction of sp³-hybridized carbons (Fsp3) is 0.500. The Morgan fingerprint density at radius 2 is 1.55 bits per heavy atom. The predicted molar refractivity (Wildman–Crippen MR) is 116 cm³/mol. The third kappa shape index (κ3) is 6.54. The Labute approximate surface area is 174 Å². The molecule has 0 amide bonds. The van der Waals surface area contributed by atoms with Crippen molar-refractivity contribution in [3.05, 3.63) is 65.7 Å². The van der Waals surface area contributed by atoms with Crippen molar-refractivity contribution >= 4 is 0 Å². The lowest BCUT2D eigenvalue weighted by Crippen LogP contribution is -2.48. The molecule has 0 aliphatic carbocycles. The monoisotopic (exact) mass is 398 g/mol. The number of rotatable bonds is 10. The van der Waals surface area contributed by atoms with E-state index in [1.54, 1.807) is 7.11 Å². The highest BCUT2D eigenvalue weighted by Crippen LogP contribution is 2.22. The summed E-state index contributed by atoms with van der Waals surface area (Å²) in [6.07, 6.45) is 0.446. The van der Waals surface area contributed by atoms with Gasteiger partial charge >= 0.3 is 0 Å². The summed E-state index contributed by atoms with van der Waals surface area (Å²) in [7, 11) is 1.65. The van der Waals surface area contributed by atoms with Crippen LogP contribution in [-0.4, -0.2) is 67.9 Å². The molecule has 2 aromatic carbocycles. The van der Waals surface area contributed by atoms with Crippen LogP contribution in [-0.2, 0) is 4.74 Å². The van der Waals surface area contributed by atoms with Crippen LogP contribution in [0, 0.1) is 0 Å². The Bertz CT molecular complexity index is 700. The minimum absolute atomic E-state index is 0.129. The minimum Gasteiger partial charge on any atom is -0.497 e. The first kappa shape index (κ1) is 21.8. The topological polar surface area (TPSA) is 45.2 Å². The van der Waals surface area contributed by atoms with Crippen molar-refractivity contribution in [3.63, 3.8) is 0 Å². The molecule has 2 atom stereocenters. The number of aliphatic hydroxyl groups is 1. The Kier molecular flexibility index (Phi) is 8.50. The maximum atomic E-state index is 10.5. The van der Waals surface area contributed by atoms with Gasteiger partial charge in [-0.2, -0.15) is 0 Å². The molecule has 0 radical (unpaired) electrons. The standard InChI is InChI=1S/C24H34N2O3/c1-3-29-24(21-7-5-4-6-8-21)19-26-17-15-25(16-18-26)14-13-23(27)20-9-11-22(28-2)12-10-20/h4-12,23-24,27H,3,13-19H2,1-2H3. The van der Waals surface area contributed by atoms with E-state index < -0.39 is 6.10 Å². The molecule has 2 unspecified atom stereocenters. The van der Waals surface area contributed by atoms with Crippen LogP contribution in [0.1, 0.15) is 36.7 Å². The van der Waals surface area contributed by atoms with Gasteiger partial charge in [-0.25, -0.2) is 0 Å². The summed E-state index contributed by atoms with van der Waals surface area (Å²) >= 11 is 0.